The van der Waals surface area contributed by atoms with Gasteiger partial charge >= 0.3 is 0 Å². The Balaban J connectivity index is 0.00000264. The first kappa shape index (κ1) is 19.6. The number of rotatable bonds is 6. The molecule has 4 nitrogen and oxygen atoms in total. The van der Waals surface area contributed by atoms with Crippen molar-refractivity contribution in [3.05, 3.63) is 65.5 Å². The zero-order valence-electron chi connectivity index (χ0n) is 12.8. The van der Waals surface area contributed by atoms with Crippen LogP contribution in [-0.4, -0.2) is 25.8 Å². The van der Waals surface area contributed by atoms with Gasteiger partial charge in [-0.05, 0) is 30.2 Å². The molecule has 2 aromatic rings. The molecule has 7 heteroatoms. The highest BCUT2D eigenvalue weighted by molar-refractivity contribution is 7.89. The summed E-state index contributed by atoms with van der Waals surface area (Å²) in [6.45, 7) is 2.16. The van der Waals surface area contributed by atoms with Crippen molar-refractivity contribution in [3.8, 4) is 0 Å². The van der Waals surface area contributed by atoms with Gasteiger partial charge in [0, 0.05) is 19.6 Å². The molecule has 2 N–H and O–H groups in total. The molecule has 0 saturated carbocycles. The fourth-order valence-electron chi connectivity index (χ4n) is 2.10. The van der Waals surface area contributed by atoms with E-state index in [1.54, 1.807) is 6.92 Å². The van der Waals surface area contributed by atoms with Crippen LogP contribution in [0.15, 0.2) is 53.4 Å². The number of hydrogen-bond acceptors (Lipinski definition) is 3. The third-order valence-electron chi connectivity index (χ3n) is 3.36. The van der Waals surface area contributed by atoms with Gasteiger partial charge in [0.05, 0.1) is 4.90 Å². The van der Waals surface area contributed by atoms with E-state index < -0.39 is 15.8 Å². The zero-order valence-corrected chi connectivity index (χ0v) is 14.4. The predicted molar refractivity (Wildman–Crippen MR) is 91.5 cm³/mol. The first-order valence-corrected chi connectivity index (χ1v) is 8.39. The van der Waals surface area contributed by atoms with Gasteiger partial charge in [0.1, 0.15) is 5.82 Å². The van der Waals surface area contributed by atoms with Gasteiger partial charge in [0.25, 0.3) is 0 Å². The van der Waals surface area contributed by atoms with Gasteiger partial charge in [-0.2, -0.15) is 4.31 Å². The molecule has 23 heavy (non-hydrogen) atoms. The summed E-state index contributed by atoms with van der Waals surface area (Å²) in [7, 11) is -3.79. The first-order chi connectivity index (χ1) is 10.4. The Morgan fingerprint density at radius 1 is 1.13 bits per heavy atom. The van der Waals surface area contributed by atoms with Crippen molar-refractivity contribution in [1.82, 2.24) is 4.31 Å². The van der Waals surface area contributed by atoms with Crippen LogP contribution in [0.1, 0.15) is 11.1 Å². The summed E-state index contributed by atoms with van der Waals surface area (Å²) < 4.78 is 40.3. The third-order valence-corrected chi connectivity index (χ3v) is 5.20. The standard InChI is InChI=1S/C16H19FN2O2S.ClH/c1-13-7-8-15(11-16(13)17)22(20,21)19(10-9-18)12-14-5-3-2-4-6-14;/h2-8,11H,9-10,12,18H2,1H3;1H. The summed E-state index contributed by atoms with van der Waals surface area (Å²) in [6.07, 6.45) is 0. The van der Waals surface area contributed by atoms with Crippen LogP contribution in [0.5, 0.6) is 0 Å². The number of hydrogen-bond donors (Lipinski definition) is 1. The van der Waals surface area contributed by atoms with Crippen LogP contribution in [0.4, 0.5) is 4.39 Å². The smallest absolute Gasteiger partial charge is 0.243 e. The second-order valence-electron chi connectivity index (χ2n) is 5.02. The monoisotopic (exact) mass is 358 g/mol. The van der Waals surface area contributed by atoms with Crippen molar-refractivity contribution < 1.29 is 12.8 Å². The van der Waals surface area contributed by atoms with Crippen molar-refractivity contribution in [2.75, 3.05) is 13.1 Å². The molecule has 126 valence electrons. The van der Waals surface area contributed by atoms with Crippen LogP contribution in [0.2, 0.25) is 0 Å². The Hall–Kier alpha value is -1.47. The number of sulfonamides is 1. The van der Waals surface area contributed by atoms with E-state index in [4.69, 9.17) is 5.73 Å². The van der Waals surface area contributed by atoms with Gasteiger partial charge in [-0.15, -0.1) is 12.4 Å². The molecule has 2 rings (SSSR count). The van der Waals surface area contributed by atoms with Crippen molar-refractivity contribution in [3.63, 3.8) is 0 Å². The summed E-state index contributed by atoms with van der Waals surface area (Å²) in [5.74, 6) is -0.534. The maximum atomic E-state index is 13.7. The van der Waals surface area contributed by atoms with E-state index in [-0.39, 0.29) is 36.9 Å². The molecule has 0 aliphatic carbocycles. The Labute approximate surface area is 142 Å². The SMILES string of the molecule is Cc1ccc(S(=O)(=O)N(CCN)Cc2ccccc2)cc1F.Cl. The summed E-state index contributed by atoms with van der Waals surface area (Å²) in [4.78, 5) is -0.0556. The number of halogens is 2. The molecule has 0 fully saturated rings. The van der Waals surface area contributed by atoms with Crippen LogP contribution in [-0.2, 0) is 16.6 Å². The van der Waals surface area contributed by atoms with Gasteiger partial charge in [-0.3, -0.25) is 0 Å². The molecule has 0 bridgehead atoms. The lowest BCUT2D eigenvalue weighted by atomic mass is 10.2. The summed E-state index contributed by atoms with van der Waals surface area (Å²) in [6, 6.07) is 13.2. The van der Waals surface area contributed by atoms with Gasteiger partial charge in [0.2, 0.25) is 10.0 Å². The molecule has 0 radical (unpaired) electrons. The van der Waals surface area contributed by atoms with Crippen molar-refractivity contribution in [2.45, 2.75) is 18.4 Å². The van der Waals surface area contributed by atoms with Crippen LogP contribution < -0.4 is 5.73 Å². The molecule has 0 aromatic heterocycles. The number of aryl methyl sites for hydroxylation is 1. The molecular formula is C16H20ClFN2O2S. The Morgan fingerprint density at radius 3 is 2.35 bits per heavy atom. The van der Waals surface area contributed by atoms with Crippen LogP contribution in [0, 0.1) is 12.7 Å². The first-order valence-electron chi connectivity index (χ1n) is 6.95. The fraction of sp³-hybridized carbons (Fsp3) is 0.250. The average Bonchev–Trinajstić information content (AvgIpc) is 2.50. The number of nitrogens with zero attached hydrogens (tertiary/aromatic N) is 1. The molecule has 0 unspecified atom stereocenters. The minimum atomic E-state index is -3.79. The second kappa shape index (κ2) is 8.40. The average molecular weight is 359 g/mol. The van der Waals surface area contributed by atoms with Gasteiger partial charge in [-0.25, -0.2) is 12.8 Å². The highest BCUT2D eigenvalue weighted by atomic mass is 35.5. The lowest BCUT2D eigenvalue weighted by Crippen LogP contribution is -2.35. The molecule has 0 spiro atoms. The Morgan fingerprint density at radius 2 is 1.78 bits per heavy atom. The van der Waals surface area contributed by atoms with Crippen LogP contribution in [0.25, 0.3) is 0 Å². The fourth-order valence-corrected chi connectivity index (χ4v) is 3.55. The van der Waals surface area contributed by atoms with E-state index in [9.17, 15) is 12.8 Å². The topological polar surface area (TPSA) is 63.4 Å². The van der Waals surface area contributed by atoms with E-state index in [1.807, 2.05) is 30.3 Å². The number of nitrogens with two attached hydrogens (primary N) is 1. The highest BCUT2D eigenvalue weighted by Crippen LogP contribution is 2.20. The molecule has 2 aromatic carbocycles. The maximum Gasteiger partial charge on any atom is 0.243 e. The maximum absolute atomic E-state index is 13.7. The predicted octanol–water partition coefficient (Wildman–Crippen LogP) is 2.71. The second-order valence-corrected chi connectivity index (χ2v) is 6.96. The Kier molecular flexibility index (Phi) is 7.15. The third kappa shape index (κ3) is 4.75. The van der Waals surface area contributed by atoms with Crippen molar-refractivity contribution >= 4 is 22.4 Å². The molecule has 0 aliphatic heterocycles. The summed E-state index contributed by atoms with van der Waals surface area (Å²) in [5.41, 5.74) is 6.80. The van der Waals surface area contributed by atoms with Crippen LogP contribution in [0.3, 0.4) is 0 Å². The largest absolute Gasteiger partial charge is 0.329 e. The molecule has 0 heterocycles. The summed E-state index contributed by atoms with van der Waals surface area (Å²) in [5, 5.41) is 0. The molecule has 0 saturated heterocycles. The zero-order chi connectivity index (χ0) is 16.2. The molecule has 0 aliphatic rings. The summed E-state index contributed by atoms with van der Waals surface area (Å²) >= 11 is 0. The van der Waals surface area contributed by atoms with E-state index in [0.29, 0.717) is 5.56 Å². The van der Waals surface area contributed by atoms with E-state index in [0.717, 1.165) is 11.6 Å². The van der Waals surface area contributed by atoms with E-state index in [2.05, 4.69) is 0 Å². The van der Waals surface area contributed by atoms with E-state index in [1.165, 1.54) is 16.4 Å². The van der Waals surface area contributed by atoms with Gasteiger partial charge in [-0.1, -0.05) is 36.4 Å². The minimum Gasteiger partial charge on any atom is -0.329 e. The molecule has 0 amide bonds. The van der Waals surface area contributed by atoms with E-state index >= 15 is 0 Å². The minimum absolute atomic E-state index is 0. The highest BCUT2D eigenvalue weighted by Gasteiger charge is 2.24. The van der Waals surface area contributed by atoms with Crippen molar-refractivity contribution in [1.29, 1.82) is 0 Å². The van der Waals surface area contributed by atoms with Crippen molar-refractivity contribution in [2.24, 2.45) is 5.73 Å². The molecular weight excluding hydrogens is 339 g/mol. The lowest BCUT2D eigenvalue weighted by molar-refractivity contribution is 0.413. The lowest BCUT2D eigenvalue weighted by Gasteiger charge is -2.22. The normalized spacial score (nSPS) is 11.3. The van der Waals surface area contributed by atoms with Gasteiger partial charge < -0.3 is 5.73 Å². The van der Waals surface area contributed by atoms with Gasteiger partial charge in [0.15, 0.2) is 0 Å². The number of benzene rings is 2. The molecule has 0 atom stereocenters. The Bertz CT molecular complexity index is 739. The van der Waals surface area contributed by atoms with Crippen LogP contribution >= 0.6 is 12.4 Å². The quantitative estimate of drug-likeness (QED) is 0.863.